The number of anilines is 1. The van der Waals surface area contributed by atoms with E-state index in [1.807, 2.05) is 26.0 Å². The van der Waals surface area contributed by atoms with Gasteiger partial charge in [-0.25, -0.2) is 0 Å². The number of fused-ring (bicyclic) bond motifs is 1. The molecule has 3 N–H and O–H groups in total. The first-order valence-corrected chi connectivity index (χ1v) is 9.34. The summed E-state index contributed by atoms with van der Waals surface area (Å²) in [6.45, 7) is 8.53. The Morgan fingerprint density at radius 2 is 2.11 bits per heavy atom. The number of aromatic amines is 1. The smallest absolute Gasteiger partial charge is 0.162 e. The third kappa shape index (κ3) is 2.89. The molecule has 1 aromatic carbocycles. The molecule has 27 heavy (non-hydrogen) atoms. The molecule has 0 bridgehead atoms. The summed E-state index contributed by atoms with van der Waals surface area (Å²) in [5.74, 6) is 1.24. The number of rotatable bonds is 3. The highest BCUT2D eigenvalue weighted by Crippen LogP contribution is 2.50. The molecule has 2 heterocycles. The highest BCUT2D eigenvalue weighted by atomic mass is 16.5. The molecule has 6 nitrogen and oxygen atoms in total. The Hall–Kier alpha value is -2.76. The lowest BCUT2D eigenvalue weighted by molar-refractivity contribution is -0.118. The maximum absolute atomic E-state index is 13.1. The zero-order valence-electron chi connectivity index (χ0n) is 16.1. The van der Waals surface area contributed by atoms with Gasteiger partial charge in [-0.15, -0.1) is 0 Å². The number of aromatic nitrogens is 2. The summed E-state index contributed by atoms with van der Waals surface area (Å²) in [5.41, 5.74) is 4.50. The van der Waals surface area contributed by atoms with Gasteiger partial charge in [-0.1, -0.05) is 19.9 Å². The molecule has 0 saturated carbocycles. The SMILES string of the molecule is CCOc1cc([C@@H]2C3=C(CC(C)(C)CC3=O)Nc3n[nH]c(C)c32)ccc1O. The number of carbonyl (C=O) groups is 1. The molecule has 0 fully saturated rings. The number of hydrogen-bond donors (Lipinski definition) is 3. The second-order valence-electron chi connectivity index (χ2n) is 8.16. The Bertz CT molecular complexity index is 956. The average Bonchev–Trinajstić information content (AvgIpc) is 2.95. The molecule has 6 heteroatoms. The van der Waals surface area contributed by atoms with E-state index in [0.29, 0.717) is 18.8 Å². The summed E-state index contributed by atoms with van der Waals surface area (Å²) < 4.78 is 5.57. The molecule has 0 amide bonds. The Morgan fingerprint density at radius 1 is 1.33 bits per heavy atom. The summed E-state index contributed by atoms with van der Waals surface area (Å²) in [4.78, 5) is 13.1. The first-order chi connectivity index (χ1) is 12.8. The van der Waals surface area contributed by atoms with Gasteiger partial charge in [0.05, 0.1) is 6.61 Å². The van der Waals surface area contributed by atoms with Crippen LogP contribution in [-0.2, 0) is 4.79 Å². The van der Waals surface area contributed by atoms with Gasteiger partial charge in [0.2, 0.25) is 0 Å². The van der Waals surface area contributed by atoms with Crippen molar-refractivity contribution in [1.29, 1.82) is 0 Å². The van der Waals surface area contributed by atoms with E-state index < -0.39 is 0 Å². The van der Waals surface area contributed by atoms with E-state index in [0.717, 1.165) is 40.3 Å². The number of ketones is 1. The zero-order chi connectivity index (χ0) is 19.3. The Balaban J connectivity index is 1.91. The number of H-pyrrole nitrogens is 1. The molecule has 1 atom stereocenters. The second-order valence-corrected chi connectivity index (χ2v) is 8.16. The van der Waals surface area contributed by atoms with Crippen molar-refractivity contribution < 1.29 is 14.6 Å². The van der Waals surface area contributed by atoms with Gasteiger partial charge in [-0.2, -0.15) is 5.10 Å². The predicted octanol–water partition coefficient (Wildman–Crippen LogP) is 4.02. The van der Waals surface area contributed by atoms with Gasteiger partial charge in [-0.05, 0) is 43.4 Å². The molecule has 1 aliphatic heterocycles. The number of nitrogens with one attached hydrogen (secondary N) is 2. The molecule has 0 unspecified atom stereocenters. The third-order valence-electron chi connectivity index (χ3n) is 5.38. The van der Waals surface area contributed by atoms with Crippen molar-refractivity contribution in [3.63, 3.8) is 0 Å². The molecule has 0 spiro atoms. The van der Waals surface area contributed by atoms with Crippen LogP contribution in [-0.4, -0.2) is 27.7 Å². The van der Waals surface area contributed by atoms with Crippen LogP contribution < -0.4 is 10.1 Å². The van der Waals surface area contributed by atoms with E-state index in [-0.39, 0.29) is 22.9 Å². The van der Waals surface area contributed by atoms with Crippen LogP contribution in [0.1, 0.15) is 56.4 Å². The van der Waals surface area contributed by atoms with Crippen LogP contribution >= 0.6 is 0 Å². The minimum atomic E-state index is -0.224. The average molecular weight is 367 g/mol. The fourth-order valence-corrected chi connectivity index (χ4v) is 4.27. The van der Waals surface area contributed by atoms with E-state index in [1.54, 1.807) is 6.07 Å². The highest BCUT2D eigenvalue weighted by molar-refractivity contribution is 6.01. The molecule has 1 aromatic heterocycles. The first-order valence-electron chi connectivity index (χ1n) is 9.34. The van der Waals surface area contributed by atoms with E-state index in [1.165, 1.54) is 0 Å². The van der Waals surface area contributed by atoms with Gasteiger partial charge in [0.1, 0.15) is 0 Å². The molecular weight excluding hydrogens is 342 g/mol. The molecule has 142 valence electrons. The van der Waals surface area contributed by atoms with Crippen LogP contribution in [0, 0.1) is 12.3 Å². The molecule has 0 radical (unpaired) electrons. The minimum absolute atomic E-state index is 0.0816. The van der Waals surface area contributed by atoms with E-state index in [2.05, 4.69) is 29.4 Å². The molecule has 2 aliphatic rings. The van der Waals surface area contributed by atoms with Crippen LogP contribution in [0.3, 0.4) is 0 Å². The predicted molar refractivity (Wildman–Crippen MR) is 103 cm³/mol. The quantitative estimate of drug-likeness (QED) is 0.763. The molecule has 1 aliphatic carbocycles. The Kier molecular flexibility index (Phi) is 4.02. The Labute approximate surface area is 158 Å². The summed E-state index contributed by atoms with van der Waals surface area (Å²) in [6, 6.07) is 5.33. The largest absolute Gasteiger partial charge is 0.504 e. The first kappa shape index (κ1) is 17.6. The van der Waals surface area contributed by atoms with Gasteiger partial charge < -0.3 is 15.2 Å². The van der Waals surface area contributed by atoms with Crippen molar-refractivity contribution in [2.24, 2.45) is 5.41 Å². The van der Waals surface area contributed by atoms with Gasteiger partial charge in [0.15, 0.2) is 23.1 Å². The number of phenolic OH excluding ortho intramolecular Hbond substituents is 1. The number of nitrogens with zero attached hydrogens (tertiary/aromatic N) is 1. The van der Waals surface area contributed by atoms with Crippen LogP contribution in [0.25, 0.3) is 0 Å². The normalized spacial score (nSPS) is 20.7. The van der Waals surface area contributed by atoms with Gasteiger partial charge in [0.25, 0.3) is 0 Å². The van der Waals surface area contributed by atoms with E-state index in [4.69, 9.17) is 4.74 Å². The third-order valence-corrected chi connectivity index (χ3v) is 5.38. The van der Waals surface area contributed by atoms with Crippen molar-refractivity contribution in [1.82, 2.24) is 10.2 Å². The number of phenols is 1. The zero-order valence-corrected chi connectivity index (χ0v) is 16.1. The molecule has 4 rings (SSSR count). The fourth-order valence-electron chi connectivity index (χ4n) is 4.27. The van der Waals surface area contributed by atoms with Crippen LogP contribution in [0.5, 0.6) is 11.5 Å². The van der Waals surface area contributed by atoms with Crippen molar-refractivity contribution in [3.8, 4) is 11.5 Å². The Morgan fingerprint density at radius 3 is 2.85 bits per heavy atom. The van der Waals surface area contributed by atoms with Crippen LogP contribution in [0.4, 0.5) is 5.82 Å². The molecule has 2 aromatic rings. The number of ether oxygens (including phenoxy) is 1. The summed E-state index contributed by atoms with van der Waals surface area (Å²) in [6.07, 6.45) is 1.32. The summed E-state index contributed by atoms with van der Waals surface area (Å²) in [5, 5.41) is 20.9. The van der Waals surface area contributed by atoms with E-state index in [9.17, 15) is 9.90 Å². The number of hydrogen-bond acceptors (Lipinski definition) is 5. The summed E-state index contributed by atoms with van der Waals surface area (Å²) in [7, 11) is 0. The fraction of sp³-hybridized carbons (Fsp3) is 0.429. The maximum atomic E-state index is 13.1. The highest BCUT2D eigenvalue weighted by Gasteiger charge is 2.42. The topological polar surface area (TPSA) is 87.2 Å². The number of aryl methyl sites for hydroxylation is 1. The van der Waals surface area contributed by atoms with Gasteiger partial charge in [-0.3, -0.25) is 9.89 Å². The number of carbonyl (C=O) groups excluding carboxylic acids is 1. The van der Waals surface area contributed by atoms with Crippen molar-refractivity contribution in [2.75, 3.05) is 11.9 Å². The van der Waals surface area contributed by atoms with Crippen molar-refractivity contribution in [3.05, 3.63) is 46.3 Å². The lowest BCUT2D eigenvalue weighted by Gasteiger charge is -2.38. The second kappa shape index (κ2) is 6.15. The number of allylic oxidation sites excluding steroid dienone is 2. The van der Waals surface area contributed by atoms with E-state index >= 15 is 0 Å². The molecule has 0 saturated heterocycles. The van der Waals surface area contributed by atoms with Crippen LogP contribution in [0.2, 0.25) is 0 Å². The number of Topliss-reactive ketones (excluding diaryl/α,β-unsaturated/α-hetero) is 1. The number of aromatic hydroxyl groups is 1. The molecular formula is C21H25N3O3. The lowest BCUT2D eigenvalue weighted by atomic mass is 9.69. The van der Waals surface area contributed by atoms with Crippen LogP contribution in [0.15, 0.2) is 29.5 Å². The minimum Gasteiger partial charge on any atom is -0.504 e. The standard InChI is InChI=1S/C21H25N3O3/c1-5-27-16-8-12(6-7-14(16)25)18-17-11(2)23-24-20(17)22-13-9-21(3,4)10-15(26)19(13)18/h6-8,18,25H,5,9-10H2,1-4H3,(H2,22,23,24)/t18-/m0/s1. The monoisotopic (exact) mass is 367 g/mol. The van der Waals surface area contributed by atoms with Gasteiger partial charge in [0, 0.05) is 34.9 Å². The summed E-state index contributed by atoms with van der Waals surface area (Å²) >= 11 is 0. The van der Waals surface area contributed by atoms with Crippen molar-refractivity contribution in [2.45, 2.75) is 46.5 Å². The number of benzene rings is 1. The lowest BCUT2D eigenvalue weighted by Crippen LogP contribution is -2.33. The van der Waals surface area contributed by atoms with Crippen molar-refractivity contribution >= 4 is 11.6 Å². The maximum Gasteiger partial charge on any atom is 0.162 e. The van der Waals surface area contributed by atoms with Gasteiger partial charge >= 0.3 is 0 Å².